The second kappa shape index (κ2) is 8.92. The van der Waals surface area contributed by atoms with Crippen molar-refractivity contribution >= 4 is 11.8 Å². The highest BCUT2D eigenvalue weighted by Crippen LogP contribution is 2.05. The van der Waals surface area contributed by atoms with Crippen molar-refractivity contribution in [2.45, 2.75) is 51.6 Å². The Labute approximate surface area is 121 Å². The Morgan fingerprint density at radius 3 is 2.85 bits per heavy atom. The number of rotatable bonds is 8. The smallest absolute Gasteiger partial charge is 0.236 e. The number of piperazine rings is 1. The van der Waals surface area contributed by atoms with E-state index in [-0.39, 0.29) is 30.4 Å². The fourth-order valence-electron chi connectivity index (χ4n) is 2.49. The highest BCUT2D eigenvalue weighted by atomic mass is 16.2. The molecular weight excluding hydrogens is 256 g/mol. The lowest BCUT2D eigenvalue weighted by molar-refractivity contribution is -0.127. The third-order valence-electron chi connectivity index (χ3n) is 3.68. The topological polar surface area (TPSA) is 87.5 Å². The first kappa shape index (κ1) is 16.9. The Kier molecular flexibility index (Phi) is 7.54. The van der Waals surface area contributed by atoms with Crippen molar-refractivity contribution in [1.82, 2.24) is 15.5 Å². The molecule has 0 spiro atoms. The monoisotopic (exact) mass is 284 g/mol. The summed E-state index contributed by atoms with van der Waals surface area (Å²) >= 11 is 0. The molecule has 6 heteroatoms. The first-order chi connectivity index (χ1) is 9.54. The molecule has 0 aromatic carbocycles. The average Bonchev–Trinajstić information content (AvgIpc) is 2.39. The molecule has 1 rings (SSSR count). The lowest BCUT2D eigenvalue weighted by Crippen LogP contribution is -2.59. The van der Waals surface area contributed by atoms with E-state index in [2.05, 4.69) is 17.6 Å². The van der Waals surface area contributed by atoms with E-state index in [0.29, 0.717) is 13.1 Å². The summed E-state index contributed by atoms with van der Waals surface area (Å²) in [7, 11) is 0. The van der Waals surface area contributed by atoms with Crippen LogP contribution in [0.15, 0.2) is 0 Å². The summed E-state index contributed by atoms with van der Waals surface area (Å²) < 4.78 is 0. The van der Waals surface area contributed by atoms with Crippen LogP contribution >= 0.6 is 0 Å². The van der Waals surface area contributed by atoms with Crippen LogP contribution in [0.2, 0.25) is 0 Å². The first-order valence-corrected chi connectivity index (χ1v) is 7.58. The maximum Gasteiger partial charge on any atom is 0.236 e. The van der Waals surface area contributed by atoms with Crippen LogP contribution in [0, 0.1) is 0 Å². The zero-order valence-corrected chi connectivity index (χ0v) is 12.7. The van der Waals surface area contributed by atoms with E-state index in [0.717, 1.165) is 19.4 Å². The molecule has 6 nitrogen and oxygen atoms in total. The minimum Gasteiger partial charge on any atom is -0.368 e. The van der Waals surface area contributed by atoms with Crippen molar-refractivity contribution in [3.05, 3.63) is 0 Å². The number of carbonyl (C=O) groups is 2. The number of primary amides is 1. The Morgan fingerprint density at radius 1 is 1.45 bits per heavy atom. The number of nitrogens with one attached hydrogen (secondary N) is 2. The number of hydrogen-bond acceptors (Lipinski definition) is 4. The van der Waals surface area contributed by atoms with Gasteiger partial charge >= 0.3 is 0 Å². The lowest BCUT2D eigenvalue weighted by Gasteiger charge is -2.33. The second-order valence-electron chi connectivity index (χ2n) is 5.56. The van der Waals surface area contributed by atoms with Crippen LogP contribution in [0.5, 0.6) is 0 Å². The summed E-state index contributed by atoms with van der Waals surface area (Å²) in [6.07, 6.45) is 4.51. The molecule has 0 radical (unpaired) electrons. The van der Waals surface area contributed by atoms with E-state index in [1.807, 2.05) is 11.8 Å². The first-order valence-electron chi connectivity index (χ1n) is 7.58. The molecule has 1 aliphatic heterocycles. The summed E-state index contributed by atoms with van der Waals surface area (Å²) in [5.74, 6) is -0.400. The molecule has 0 aromatic rings. The van der Waals surface area contributed by atoms with Crippen molar-refractivity contribution in [2.24, 2.45) is 5.73 Å². The molecule has 116 valence electrons. The van der Waals surface area contributed by atoms with Gasteiger partial charge in [0.2, 0.25) is 11.8 Å². The standard InChI is InChI=1S/C14H28N4O2/c1-3-4-5-6-11(2)17-13(19)10-18-8-7-16-9-12(18)14(15)20/h11-12,16H,3-10H2,1-2H3,(H2,15,20)(H,17,19). The van der Waals surface area contributed by atoms with Crippen LogP contribution in [-0.2, 0) is 9.59 Å². The Morgan fingerprint density at radius 2 is 2.20 bits per heavy atom. The highest BCUT2D eigenvalue weighted by molar-refractivity contribution is 5.82. The Hall–Kier alpha value is -1.14. The zero-order chi connectivity index (χ0) is 15.0. The molecule has 1 aliphatic rings. The van der Waals surface area contributed by atoms with Gasteiger partial charge in [0.25, 0.3) is 0 Å². The van der Waals surface area contributed by atoms with Crippen LogP contribution in [0.1, 0.15) is 39.5 Å². The predicted molar refractivity (Wildman–Crippen MR) is 79.2 cm³/mol. The number of nitrogens with two attached hydrogens (primary N) is 1. The quantitative estimate of drug-likeness (QED) is 0.540. The van der Waals surface area contributed by atoms with Gasteiger partial charge in [0, 0.05) is 25.7 Å². The number of hydrogen-bond donors (Lipinski definition) is 3. The molecule has 0 bridgehead atoms. The summed E-state index contributed by atoms with van der Waals surface area (Å²) in [6, 6.07) is -0.200. The van der Waals surface area contributed by atoms with Crippen LogP contribution in [0.3, 0.4) is 0 Å². The second-order valence-corrected chi connectivity index (χ2v) is 5.56. The van der Waals surface area contributed by atoms with Gasteiger partial charge in [-0.3, -0.25) is 14.5 Å². The van der Waals surface area contributed by atoms with E-state index < -0.39 is 0 Å². The zero-order valence-electron chi connectivity index (χ0n) is 12.7. The van der Waals surface area contributed by atoms with Crippen LogP contribution in [0.25, 0.3) is 0 Å². The number of amides is 2. The van der Waals surface area contributed by atoms with Crippen molar-refractivity contribution in [2.75, 3.05) is 26.2 Å². The maximum atomic E-state index is 12.0. The molecule has 1 heterocycles. The van der Waals surface area contributed by atoms with Crippen LogP contribution < -0.4 is 16.4 Å². The Bertz CT molecular complexity index is 322. The van der Waals surface area contributed by atoms with Gasteiger partial charge in [0.15, 0.2) is 0 Å². The fraction of sp³-hybridized carbons (Fsp3) is 0.857. The van der Waals surface area contributed by atoms with Crippen molar-refractivity contribution in [1.29, 1.82) is 0 Å². The molecule has 2 atom stereocenters. The van der Waals surface area contributed by atoms with Crippen LogP contribution in [-0.4, -0.2) is 55.0 Å². The third-order valence-corrected chi connectivity index (χ3v) is 3.68. The molecule has 0 aliphatic carbocycles. The van der Waals surface area contributed by atoms with Crippen LogP contribution in [0.4, 0.5) is 0 Å². The lowest BCUT2D eigenvalue weighted by atomic mass is 10.1. The molecule has 20 heavy (non-hydrogen) atoms. The minimum atomic E-state index is -0.384. The van der Waals surface area contributed by atoms with Crippen molar-refractivity contribution in [3.63, 3.8) is 0 Å². The number of nitrogens with zero attached hydrogens (tertiary/aromatic N) is 1. The highest BCUT2D eigenvalue weighted by Gasteiger charge is 2.28. The average molecular weight is 284 g/mol. The third kappa shape index (κ3) is 5.88. The number of unbranched alkanes of at least 4 members (excludes halogenated alkanes) is 2. The molecule has 0 saturated carbocycles. The molecule has 1 saturated heterocycles. The maximum absolute atomic E-state index is 12.0. The SMILES string of the molecule is CCCCCC(C)NC(=O)CN1CCNCC1C(N)=O. The summed E-state index contributed by atoms with van der Waals surface area (Å²) in [5.41, 5.74) is 5.36. The Balaban J connectivity index is 2.34. The minimum absolute atomic E-state index is 0.0258. The normalized spacial score (nSPS) is 21.4. The molecular formula is C14H28N4O2. The van der Waals surface area contributed by atoms with Gasteiger partial charge in [-0.1, -0.05) is 26.2 Å². The van der Waals surface area contributed by atoms with Gasteiger partial charge in [0.1, 0.15) is 6.04 Å². The van der Waals surface area contributed by atoms with Gasteiger partial charge in [-0.2, -0.15) is 0 Å². The van der Waals surface area contributed by atoms with E-state index >= 15 is 0 Å². The van der Waals surface area contributed by atoms with Crippen molar-refractivity contribution < 1.29 is 9.59 Å². The van der Waals surface area contributed by atoms with Gasteiger partial charge in [0.05, 0.1) is 6.54 Å². The van der Waals surface area contributed by atoms with E-state index in [1.54, 1.807) is 0 Å². The summed E-state index contributed by atoms with van der Waals surface area (Å²) in [4.78, 5) is 25.2. The van der Waals surface area contributed by atoms with Gasteiger partial charge in [-0.05, 0) is 13.3 Å². The molecule has 0 aromatic heterocycles. The molecule has 1 fully saturated rings. The molecule has 2 unspecified atom stereocenters. The molecule has 2 amide bonds. The van der Waals surface area contributed by atoms with Gasteiger partial charge in [-0.25, -0.2) is 0 Å². The predicted octanol–water partition coefficient (Wildman–Crippen LogP) is -0.169. The van der Waals surface area contributed by atoms with E-state index in [9.17, 15) is 9.59 Å². The summed E-state index contributed by atoms with van der Waals surface area (Å²) in [6.45, 7) is 6.41. The summed E-state index contributed by atoms with van der Waals surface area (Å²) in [5, 5.41) is 6.11. The van der Waals surface area contributed by atoms with Gasteiger partial charge in [-0.15, -0.1) is 0 Å². The molecule has 4 N–H and O–H groups in total. The largest absolute Gasteiger partial charge is 0.368 e. The van der Waals surface area contributed by atoms with E-state index in [1.165, 1.54) is 12.8 Å². The van der Waals surface area contributed by atoms with E-state index in [4.69, 9.17) is 5.73 Å². The number of carbonyl (C=O) groups excluding carboxylic acids is 2. The fourth-order valence-corrected chi connectivity index (χ4v) is 2.49. The van der Waals surface area contributed by atoms with Gasteiger partial charge < -0.3 is 16.4 Å². The van der Waals surface area contributed by atoms with Crippen molar-refractivity contribution in [3.8, 4) is 0 Å².